The van der Waals surface area contributed by atoms with Crippen molar-refractivity contribution in [3.8, 4) is 0 Å². The lowest BCUT2D eigenvalue weighted by Crippen LogP contribution is -2.45. The van der Waals surface area contributed by atoms with E-state index in [0.29, 0.717) is 5.56 Å². The fraction of sp³-hybridized carbons (Fsp3) is 0.429. The van der Waals surface area contributed by atoms with Crippen molar-refractivity contribution in [3.63, 3.8) is 0 Å². The Balaban J connectivity index is 2.91. The first-order valence-corrected chi connectivity index (χ1v) is 6.81. The van der Waals surface area contributed by atoms with E-state index >= 15 is 0 Å². The van der Waals surface area contributed by atoms with Gasteiger partial charge >= 0.3 is 5.97 Å². The van der Waals surface area contributed by atoms with Gasteiger partial charge in [0.15, 0.2) is 0 Å². The molecule has 0 spiro atoms. The second kappa shape index (κ2) is 6.70. The highest BCUT2D eigenvalue weighted by Crippen LogP contribution is 2.16. The molecule has 104 valence electrons. The predicted octanol–water partition coefficient (Wildman–Crippen LogP) is 2.68. The Morgan fingerprint density at radius 1 is 1.32 bits per heavy atom. The lowest BCUT2D eigenvalue weighted by molar-refractivity contribution is -0.144. The van der Waals surface area contributed by atoms with Gasteiger partial charge in [0, 0.05) is 10.0 Å². The summed E-state index contributed by atoms with van der Waals surface area (Å²) in [5, 5.41) is 2.71. The number of halogens is 1. The van der Waals surface area contributed by atoms with E-state index < -0.39 is 12.0 Å². The van der Waals surface area contributed by atoms with Crippen LogP contribution in [0.15, 0.2) is 22.7 Å². The van der Waals surface area contributed by atoms with Crippen molar-refractivity contribution < 1.29 is 14.3 Å². The number of esters is 1. The molecular formula is C14H18BrNO3. The van der Waals surface area contributed by atoms with Gasteiger partial charge in [-0.05, 0) is 36.6 Å². The third-order valence-electron chi connectivity index (χ3n) is 2.84. The minimum atomic E-state index is -0.638. The highest BCUT2D eigenvalue weighted by atomic mass is 79.9. The summed E-state index contributed by atoms with van der Waals surface area (Å²) in [6.07, 6.45) is 0. The first-order chi connectivity index (χ1) is 8.86. The molecule has 19 heavy (non-hydrogen) atoms. The van der Waals surface area contributed by atoms with Crippen molar-refractivity contribution in [3.05, 3.63) is 33.8 Å². The highest BCUT2D eigenvalue weighted by Gasteiger charge is 2.25. The Bertz CT molecular complexity index is 486. The Hall–Kier alpha value is -1.36. The second-order valence-electron chi connectivity index (χ2n) is 4.68. The number of nitrogens with one attached hydrogen (secondary N) is 1. The van der Waals surface area contributed by atoms with Crippen LogP contribution in [-0.4, -0.2) is 25.0 Å². The number of amides is 1. The minimum absolute atomic E-state index is 0.0350. The van der Waals surface area contributed by atoms with Gasteiger partial charge in [-0.1, -0.05) is 29.8 Å². The van der Waals surface area contributed by atoms with Gasteiger partial charge < -0.3 is 10.1 Å². The zero-order chi connectivity index (χ0) is 14.6. The van der Waals surface area contributed by atoms with Crippen LogP contribution in [-0.2, 0) is 9.53 Å². The van der Waals surface area contributed by atoms with Crippen LogP contribution in [0.5, 0.6) is 0 Å². The number of aryl methyl sites for hydroxylation is 1. The molecule has 0 aliphatic carbocycles. The van der Waals surface area contributed by atoms with Gasteiger partial charge in [-0.15, -0.1) is 0 Å². The molecule has 1 N–H and O–H groups in total. The van der Waals surface area contributed by atoms with Gasteiger partial charge in [0.25, 0.3) is 5.91 Å². The van der Waals surface area contributed by atoms with E-state index in [4.69, 9.17) is 4.74 Å². The average Bonchev–Trinajstić information content (AvgIpc) is 2.34. The second-order valence-corrected chi connectivity index (χ2v) is 5.59. The van der Waals surface area contributed by atoms with E-state index in [2.05, 4.69) is 21.2 Å². The van der Waals surface area contributed by atoms with Crippen LogP contribution < -0.4 is 5.32 Å². The van der Waals surface area contributed by atoms with Crippen LogP contribution >= 0.6 is 15.9 Å². The Labute approximate surface area is 121 Å². The third-order valence-corrected chi connectivity index (χ3v) is 3.33. The SMILES string of the molecule is COC(=O)[C@@H](NC(=O)c1ccc(Br)cc1C)C(C)C. The molecule has 1 rings (SSSR count). The van der Waals surface area contributed by atoms with E-state index in [0.717, 1.165) is 10.0 Å². The fourth-order valence-corrected chi connectivity index (χ4v) is 2.20. The summed E-state index contributed by atoms with van der Waals surface area (Å²) in [6, 6.07) is 4.74. The molecule has 5 heteroatoms. The lowest BCUT2D eigenvalue weighted by atomic mass is 10.0. The Morgan fingerprint density at radius 3 is 2.42 bits per heavy atom. The molecule has 0 heterocycles. The third kappa shape index (κ3) is 4.06. The van der Waals surface area contributed by atoms with Crippen LogP contribution in [0.1, 0.15) is 29.8 Å². The van der Waals surface area contributed by atoms with E-state index in [9.17, 15) is 9.59 Å². The molecule has 0 fully saturated rings. The number of hydrogen-bond acceptors (Lipinski definition) is 3. The largest absolute Gasteiger partial charge is 0.467 e. The predicted molar refractivity (Wildman–Crippen MR) is 77.0 cm³/mol. The summed E-state index contributed by atoms with van der Waals surface area (Å²) in [4.78, 5) is 23.8. The van der Waals surface area contributed by atoms with Gasteiger partial charge in [-0.2, -0.15) is 0 Å². The summed E-state index contributed by atoms with van der Waals surface area (Å²) in [5.74, 6) is -0.737. The number of ether oxygens (including phenoxy) is 1. The molecule has 1 aromatic carbocycles. The number of carbonyl (C=O) groups excluding carboxylic acids is 2. The molecule has 1 amide bonds. The maximum atomic E-state index is 12.2. The monoisotopic (exact) mass is 327 g/mol. The molecule has 0 radical (unpaired) electrons. The summed E-state index contributed by atoms with van der Waals surface area (Å²) >= 11 is 3.35. The molecule has 0 unspecified atom stereocenters. The molecule has 0 aromatic heterocycles. The van der Waals surface area contributed by atoms with Crippen LogP contribution in [0.2, 0.25) is 0 Å². The molecule has 0 aliphatic rings. The quantitative estimate of drug-likeness (QED) is 0.865. The van der Waals surface area contributed by atoms with E-state index in [1.807, 2.05) is 26.8 Å². The fourth-order valence-electron chi connectivity index (χ4n) is 1.73. The molecule has 0 bridgehead atoms. The summed E-state index contributed by atoms with van der Waals surface area (Å²) in [7, 11) is 1.31. The van der Waals surface area contributed by atoms with Gasteiger partial charge in [0.2, 0.25) is 0 Å². The summed E-state index contributed by atoms with van der Waals surface area (Å²) < 4.78 is 5.61. The molecule has 0 saturated heterocycles. The first-order valence-electron chi connectivity index (χ1n) is 6.01. The van der Waals surface area contributed by atoms with Gasteiger partial charge in [-0.3, -0.25) is 4.79 Å². The van der Waals surface area contributed by atoms with E-state index in [1.165, 1.54) is 7.11 Å². The minimum Gasteiger partial charge on any atom is -0.467 e. The van der Waals surface area contributed by atoms with E-state index in [-0.39, 0.29) is 11.8 Å². The molecule has 0 aliphatic heterocycles. The van der Waals surface area contributed by atoms with E-state index in [1.54, 1.807) is 12.1 Å². The molecular weight excluding hydrogens is 310 g/mol. The van der Waals surface area contributed by atoms with Crippen molar-refractivity contribution in [1.29, 1.82) is 0 Å². The molecule has 1 atom stereocenters. The number of methoxy groups -OCH3 is 1. The van der Waals surface area contributed by atoms with Crippen molar-refractivity contribution in [2.24, 2.45) is 5.92 Å². The number of carbonyl (C=O) groups is 2. The lowest BCUT2D eigenvalue weighted by Gasteiger charge is -2.20. The Kier molecular flexibility index (Phi) is 5.54. The zero-order valence-electron chi connectivity index (χ0n) is 11.5. The Morgan fingerprint density at radius 2 is 1.95 bits per heavy atom. The summed E-state index contributed by atoms with van der Waals surface area (Å²) in [6.45, 7) is 5.56. The van der Waals surface area contributed by atoms with Crippen molar-refractivity contribution >= 4 is 27.8 Å². The molecule has 1 aromatic rings. The van der Waals surface area contributed by atoms with Crippen molar-refractivity contribution in [2.75, 3.05) is 7.11 Å². The van der Waals surface area contributed by atoms with Crippen molar-refractivity contribution in [2.45, 2.75) is 26.8 Å². The molecule has 4 nitrogen and oxygen atoms in total. The zero-order valence-corrected chi connectivity index (χ0v) is 13.1. The average molecular weight is 328 g/mol. The van der Waals surface area contributed by atoms with Gasteiger partial charge in [0.1, 0.15) is 6.04 Å². The molecule has 0 saturated carbocycles. The topological polar surface area (TPSA) is 55.4 Å². The summed E-state index contributed by atoms with van der Waals surface area (Å²) in [5.41, 5.74) is 1.40. The van der Waals surface area contributed by atoms with Gasteiger partial charge in [-0.25, -0.2) is 4.79 Å². The smallest absolute Gasteiger partial charge is 0.328 e. The first kappa shape index (κ1) is 15.7. The number of rotatable bonds is 4. The van der Waals surface area contributed by atoms with Crippen molar-refractivity contribution in [1.82, 2.24) is 5.32 Å². The maximum absolute atomic E-state index is 12.2. The van der Waals surface area contributed by atoms with Crippen LogP contribution in [0.4, 0.5) is 0 Å². The van der Waals surface area contributed by atoms with Crippen LogP contribution in [0.25, 0.3) is 0 Å². The number of benzene rings is 1. The normalized spacial score (nSPS) is 12.1. The van der Waals surface area contributed by atoms with Gasteiger partial charge in [0.05, 0.1) is 7.11 Å². The maximum Gasteiger partial charge on any atom is 0.328 e. The van der Waals surface area contributed by atoms with Crippen LogP contribution in [0, 0.1) is 12.8 Å². The number of hydrogen-bond donors (Lipinski definition) is 1. The standard InChI is InChI=1S/C14H18BrNO3/c1-8(2)12(14(18)19-4)16-13(17)11-6-5-10(15)7-9(11)3/h5-8,12H,1-4H3,(H,16,17)/t12-/m0/s1. The van der Waals surface area contributed by atoms with Crippen LogP contribution in [0.3, 0.4) is 0 Å². The highest BCUT2D eigenvalue weighted by molar-refractivity contribution is 9.10.